The van der Waals surface area contributed by atoms with Crippen LogP contribution >= 0.6 is 0 Å². The third-order valence-corrected chi connectivity index (χ3v) is 5.48. The minimum atomic E-state index is -1.59. The van der Waals surface area contributed by atoms with Gasteiger partial charge in [0.05, 0.1) is 18.5 Å². The topological polar surface area (TPSA) is 126 Å². The molecule has 9 nitrogen and oxygen atoms in total. The third kappa shape index (κ3) is 4.42. The van der Waals surface area contributed by atoms with E-state index >= 15 is 0 Å². The fourth-order valence-electron chi connectivity index (χ4n) is 3.64. The molecule has 0 spiro atoms. The third-order valence-electron chi connectivity index (χ3n) is 5.48. The van der Waals surface area contributed by atoms with Gasteiger partial charge >= 0.3 is 0 Å². The number of aliphatic hydroxyl groups excluding tert-OH is 4. The zero-order chi connectivity index (χ0) is 22.0. The van der Waals surface area contributed by atoms with Crippen LogP contribution in [-0.2, 0) is 22.6 Å². The highest BCUT2D eigenvalue weighted by Gasteiger charge is 2.45. The molecule has 1 saturated heterocycles. The molecule has 0 radical (unpaired) electrons. The van der Waals surface area contributed by atoms with Crippen LogP contribution in [0, 0.1) is 0 Å². The van der Waals surface area contributed by atoms with Gasteiger partial charge in [-0.2, -0.15) is 4.89 Å². The van der Waals surface area contributed by atoms with E-state index in [4.69, 9.17) is 14.5 Å². The Balaban J connectivity index is 1.53. The molecule has 1 aliphatic heterocycles. The molecule has 3 aromatic rings. The van der Waals surface area contributed by atoms with Crippen LogP contribution < -0.4 is 4.89 Å². The van der Waals surface area contributed by atoms with Crippen LogP contribution in [0.3, 0.4) is 0 Å². The number of hydrogen-bond donors (Lipinski definition) is 4. The summed E-state index contributed by atoms with van der Waals surface area (Å²) >= 11 is 0. The van der Waals surface area contributed by atoms with Crippen molar-refractivity contribution in [1.29, 1.82) is 0 Å². The van der Waals surface area contributed by atoms with Crippen molar-refractivity contribution in [3.63, 3.8) is 0 Å². The van der Waals surface area contributed by atoms with Crippen LogP contribution in [-0.4, -0.2) is 67.3 Å². The van der Waals surface area contributed by atoms with E-state index in [1.807, 2.05) is 10.6 Å². The molecule has 0 bridgehead atoms. The van der Waals surface area contributed by atoms with Gasteiger partial charge in [0.2, 0.25) is 0 Å². The summed E-state index contributed by atoms with van der Waals surface area (Å²) in [6.45, 7) is 2.12. The fourth-order valence-corrected chi connectivity index (χ4v) is 3.64. The molecule has 4 N–H and O–H groups in total. The van der Waals surface area contributed by atoms with Crippen LogP contribution in [0.15, 0.2) is 48.8 Å². The molecule has 0 unspecified atom stereocenters. The number of ether oxygens (including phenoxy) is 1. The van der Waals surface area contributed by atoms with Crippen molar-refractivity contribution in [3.8, 4) is 5.75 Å². The van der Waals surface area contributed by atoms with Gasteiger partial charge in [-0.1, -0.05) is 37.3 Å². The van der Waals surface area contributed by atoms with Gasteiger partial charge in [-0.3, -0.25) is 0 Å². The summed E-state index contributed by atoms with van der Waals surface area (Å²) in [5, 5.41) is 39.5. The van der Waals surface area contributed by atoms with Crippen molar-refractivity contribution >= 4 is 11.0 Å². The first-order valence-electron chi connectivity index (χ1n) is 10.2. The second-order valence-electron chi connectivity index (χ2n) is 7.54. The number of nitrogens with zero attached hydrogens (tertiary/aromatic N) is 2. The normalized spacial score (nSPS) is 26.3. The summed E-state index contributed by atoms with van der Waals surface area (Å²) in [6.07, 6.45) is -4.35. The lowest BCUT2D eigenvalue weighted by atomic mass is 9.99. The molecule has 1 aliphatic rings. The first-order valence-corrected chi connectivity index (χ1v) is 10.2. The summed E-state index contributed by atoms with van der Waals surface area (Å²) in [5.41, 5.74) is 3.72. The number of aliphatic hydroxyl groups is 4. The largest absolute Gasteiger partial charge is 0.394 e. The quantitative estimate of drug-likeness (QED) is 0.320. The number of benzene rings is 2. The van der Waals surface area contributed by atoms with Crippen LogP contribution in [0.25, 0.3) is 11.0 Å². The number of para-hydroxylation sites is 1. The van der Waals surface area contributed by atoms with Gasteiger partial charge in [0.15, 0.2) is 18.1 Å². The molecule has 0 amide bonds. The summed E-state index contributed by atoms with van der Waals surface area (Å²) in [5.74, 6) is 0.332. The molecule has 0 saturated carbocycles. The average molecular weight is 430 g/mol. The van der Waals surface area contributed by atoms with Gasteiger partial charge in [0.25, 0.3) is 0 Å². The number of aromatic nitrogens is 2. The number of imidazole rings is 1. The maximum Gasteiger partial charge on any atom is 0.191 e. The Labute approximate surface area is 179 Å². The van der Waals surface area contributed by atoms with Gasteiger partial charge in [-0.05, 0) is 29.7 Å². The van der Waals surface area contributed by atoms with E-state index in [-0.39, 0.29) is 0 Å². The highest BCUT2D eigenvalue weighted by atomic mass is 17.2. The number of rotatable bonds is 7. The Bertz CT molecular complexity index is 1010. The second-order valence-corrected chi connectivity index (χ2v) is 7.54. The van der Waals surface area contributed by atoms with E-state index in [1.54, 1.807) is 18.5 Å². The molecular formula is C22H26N2O7. The fraction of sp³-hybridized carbons (Fsp3) is 0.409. The Kier molecular flexibility index (Phi) is 6.51. The number of hydrogen-bond acceptors (Lipinski definition) is 8. The molecule has 2 heterocycles. The Morgan fingerprint density at radius 3 is 2.48 bits per heavy atom. The molecule has 2 aromatic carbocycles. The maximum absolute atomic E-state index is 10.2. The van der Waals surface area contributed by atoms with Crippen molar-refractivity contribution in [2.24, 2.45) is 0 Å². The van der Waals surface area contributed by atoms with E-state index in [2.05, 4.69) is 36.2 Å². The van der Waals surface area contributed by atoms with Gasteiger partial charge in [0, 0.05) is 6.54 Å². The first kappa shape index (κ1) is 21.7. The van der Waals surface area contributed by atoms with Crippen LogP contribution in [0.5, 0.6) is 5.75 Å². The van der Waals surface area contributed by atoms with Crippen LogP contribution in [0.1, 0.15) is 18.1 Å². The SMILES string of the molecule is CCc1ccc(Cn2cnc3cccc(OO[C@@H]4[C@@H](O)[C@H](O)[C@@H](CO)O[C@H]4O)c32)cc1. The van der Waals surface area contributed by atoms with E-state index < -0.39 is 37.3 Å². The van der Waals surface area contributed by atoms with Gasteiger partial charge in [-0.15, -0.1) is 0 Å². The minimum absolute atomic E-state index is 0.332. The van der Waals surface area contributed by atoms with E-state index in [1.165, 1.54) is 5.56 Å². The summed E-state index contributed by atoms with van der Waals surface area (Å²) in [7, 11) is 0. The molecule has 0 aliphatic carbocycles. The van der Waals surface area contributed by atoms with Crippen LogP contribution in [0.2, 0.25) is 0 Å². The Morgan fingerprint density at radius 2 is 1.77 bits per heavy atom. The second kappa shape index (κ2) is 9.31. The summed E-state index contributed by atoms with van der Waals surface area (Å²) in [6, 6.07) is 13.6. The lowest BCUT2D eigenvalue weighted by Crippen LogP contribution is -2.59. The van der Waals surface area contributed by atoms with Crippen molar-refractivity contribution in [2.45, 2.75) is 50.6 Å². The lowest BCUT2D eigenvalue weighted by Gasteiger charge is -2.38. The van der Waals surface area contributed by atoms with E-state index in [0.717, 1.165) is 12.0 Å². The predicted octanol–water partition coefficient (Wildman–Crippen LogP) is 0.757. The van der Waals surface area contributed by atoms with Crippen molar-refractivity contribution < 1.29 is 34.9 Å². The minimum Gasteiger partial charge on any atom is -0.394 e. The molecule has 5 atom stereocenters. The van der Waals surface area contributed by atoms with Gasteiger partial charge in [0.1, 0.15) is 23.8 Å². The molecule has 31 heavy (non-hydrogen) atoms. The Hall–Kier alpha value is -2.53. The van der Waals surface area contributed by atoms with Crippen molar-refractivity contribution in [2.75, 3.05) is 6.61 Å². The zero-order valence-electron chi connectivity index (χ0n) is 17.0. The molecule has 166 valence electrons. The van der Waals surface area contributed by atoms with Gasteiger partial charge in [-0.25, -0.2) is 4.98 Å². The highest BCUT2D eigenvalue weighted by Crippen LogP contribution is 2.28. The highest BCUT2D eigenvalue weighted by molar-refractivity contribution is 5.82. The molecule has 1 fully saturated rings. The molecule has 4 rings (SSSR count). The predicted molar refractivity (Wildman–Crippen MR) is 110 cm³/mol. The van der Waals surface area contributed by atoms with E-state index in [9.17, 15) is 20.4 Å². The summed E-state index contributed by atoms with van der Waals surface area (Å²) in [4.78, 5) is 15.1. The van der Waals surface area contributed by atoms with Crippen molar-refractivity contribution in [3.05, 3.63) is 59.9 Å². The standard InChI is InChI=1S/C22H26N2O7/c1-2-13-6-8-14(9-7-13)10-24-12-23-15-4-3-5-16(18(15)24)30-31-21-20(27)19(26)17(11-25)29-22(21)28/h3-9,12,17,19-22,25-28H,2,10-11H2,1H3/t17-,19-,20+,21-,22-/m1/s1. The monoisotopic (exact) mass is 430 g/mol. The zero-order valence-corrected chi connectivity index (χ0v) is 17.0. The Morgan fingerprint density at radius 1 is 1.03 bits per heavy atom. The van der Waals surface area contributed by atoms with Gasteiger partial charge < -0.3 is 34.6 Å². The number of fused-ring (bicyclic) bond motifs is 1. The van der Waals surface area contributed by atoms with Crippen molar-refractivity contribution in [1.82, 2.24) is 9.55 Å². The molecular weight excluding hydrogens is 404 g/mol. The lowest BCUT2D eigenvalue weighted by molar-refractivity contribution is -0.364. The molecule has 1 aromatic heterocycles. The summed E-state index contributed by atoms with van der Waals surface area (Å²) < 4.78 is 7.00. The average Bonchev–Trinajstić information content (AvgIpc) is 3.20. The van der Waals surface area contributed by atoms with Crippen LogP contribution in [0.4, 0.5) is 0 Å². The smallest absolute Gasteiger partial charge is 0.191 e. The number of aryl methyl sites for hydroxylation is 1. The maximum atomic E-state index is 10.2. The van der Waals surface area contributed by atoms with E-state index in [0.29, 0.717) is 23.3 Å². The first-order chi connectivity index (χ1) is 15.0. The molecule has 9 heteroatoms.